The summed E-state index contributed by atoms with van der Waals surface area (Å²) in [6, 6.07) is 35.6. The maximum Gasteiger partial charge on any atom is 0.340 e. The Labute approximate surface area is 229 Å². The first-order valence-corrected chi connectivity index (χ1v) is 12.9. The van der Waals surface area contributed by atoms with Crippen LogP contribution in [0.15, 0.2) is 109 Å². The first-order valence-electron chi connectivity index (χ1n) is 12.9. The highest BCUT2D eigenvalue weighted by atomic mass is 16.5. The van der Waals surface area contributed by atoms with Crippen molar-refractivity contribution in [1.82, 2.24) is 9.13 Å². The Morgan fingerprint density at radius 2 is 0.750 bits per heavy atom. The van der Waals surface area contributed by atoms with Gasteiger partial charge in [-0.05, 0) is 36.4 Å². The number of rotatable bonds is 4. The fraction of sp³-hybridized carbons (Fsp3) is 0.0588. The van der Waals surface area contributed by atoms with Crippen molar-refractivity contribution in [2.45, 2.75) is 0 Å². The van der Waals surface area contributed by atoms with Crippen LogP contribution in [0.25, 0.3) is 55.0 Å². The van der Waals surface area contributed by atoms with E-state index in [4.69, 9.17) is 9.47 Å². The molecule has 40 heavy (non-hydrogen) atoms. The van der Waals surface area contributed by atoms with Crippen molar-refractivity contribution in [3.63, 3.8) is 0 Å². The van der Waals surface area contributed by atoms with E-state index in [1.165, 1.54) is 14.2 Å². The molecule has 7 aromatic rings. The van der Waals surface area contributed by atoms with Gasteiger partial charge in [-0.2, -0.15) is 0 Å². The van der Waals surface area contributed by atoms with Crippen molar-refractivity contribution >= 4 is 55.6 Å². The van der Waals surface area contributed by atoms with Gasteiger partial charge >= 0.3 is 11.9 Å². The Morgan fingerprint density at radius 1 is 0.475 bits per heavy atom. The third-order valence-electron chi connectivity index (χ3n) is 7.57. The molecular weight excluding hydrogens is 500 g/mol. The molecule has 0 spiro atoms. The summed E-state index contributed by atoms with van der Waals surface area (Å²) >= 11 is 0. The van der Waals surface area contributed by atoms with Gasteiger partial charge in [0.15, 0.2) is 0 Å². The standard InChI is InChI=1S/C34H24N2O4/c1-39-33(37)25-19-32(36-29-17-9-5-13-23(29)24-14-6-10-18-30(24)36)26(34(38)40-2)20-31(25)35-27-15-7-3-11-21(27)22-12-4-8-16-28(22)35/h3-20H,1-2H3. The number of carbonyl (C=O) groups is 2. The predicted molar refractivity (Wildman–Crippen MR) is 158 cm³/mol. The van der Waals surface area contributed by atoms with E-state index in [0.717, 1.165) is 43.6 Å². The van der Waals surface area contributed by atoms with Gasteiger partial charge in [0.1, 0.15) is 0 Å². The monoisotopic (exact) mass is 524 g/mol. The van der Waals surface area contributed by atoms with E-state index in [2.05, 4.69) is 24.3 Å². The Balaban J connectivity index is 1.65. The maximum atomic E-state index is 13.4. The first kappa shape index (κ1) is 23.7. The normalized spacial score (nSPS) is 11.4. The summed E-state index contributed by atoms with van der Waals surface area (Å²) in [6.07, 6.45) is 0. The first-order chi connectivity index (χ1) is 19.6. The Kier molecular flexibility index (Phi) is 5.42. The van der Waals surface area contributed by atoms with Crippen molar-refractivity contribution in [3.8, 4) is 11.4 Å². The number of nitrogens with zero attached hydrogens (tertiary/aromatic N) is 2. The molecule has 0 atom stereocenters. The Bertz CT molecular complexity index is 1870. The SMILES string of the molecule is COC(=O)c1cc(-n2c3ccccc3c3ccccc32)c(C(=O)OC)cc1-n1c2ccccc2c2ccccc21. The molecule has 0 unspecified atom stereocenters. The summed E-state index contributed by atoms with van der Waals surface area (Å²) < 4.78 is 14.6. The van der Waals surface area contributed by atoms with Gasteiger partial charge in [0.05, 0.1) is 58.8 Å². The second-order valence-corrected chi connectivity index (χ2v) is 9.61. The zero-order chi connectivity index (χ0) is 27.4. The van der Waals surface area contributed by atoms with E-state index >= 15 is 0 Å². The third-order valence-corrected chi connectivity index (χ3v) is 7.57. The predicted octanol–water partition coefficient (Wildman–Crippen LogP) is 7.45. The van der Waals surface area contributed by atoms with Crippen LogP contribution in [0.2, 0.25) is 0 Å². The maximum absolute atomic E-state index is 13.4. The van der Waals surface area contributed by atoms with Gasteiger partial charge in [-0.1, -0.05) is 72.8 Å². The molecular formula is C34H24N2O4. The molecule has 0 radical (unpaired) electrons. The molecule has 0 fully saturated rings. The highest BCUT2D eigenvalue weighted by Crippen LogP contribution is 2.38. The van der Waals surface area contributed by atoms with Crippen LogP contribution in [0, 0.1) is 0 Å². The highest BCUT2D eigenvalue weighted by molar-refractivity contribution is 6.12. The lowest BCUT2D eigenvalue weighted by Gasteiger charge is -2.18. The van der Waals surface area contributed by atoms with Crippen molar-refractivity contribution in [1.29, 1.82) is 0 Å². The van der Waals surface area contributed by atoms with Crippen LogP contribution in [-0.2, 0) is 9.47 Å². The van der Waals surface area contributed by atoms with Gasteiger partial charge in [-0.15, -0.1) is 0 Å². The molecule has 0 saturated carbocycles. The van der Waals surface area contributed by atoms with Crippen molar-refractivity contribution in [2.75, 3.05) is 14.2 Å². The number of para-hydroxylation sites is 4. The number of methoxy groups -OCH3 is 2. The van der Waals surface area contributed by atoms with Crippen LogP contribution < -0.4 is 0 Å². The summed E-state index contributed by atoms with van der Waals surface area (Å²) in [5.74, 6) is -1.01. The van der Waals surface area contributed by atoms with Crippen LogP contribution in [0.1, 0.15) is 20.7 Å². The second-order valence-electron chi connectivity index (χ2n) is 9.61. The largest absolute Gasteiger partial charge is 0.465 e. The molecule has 2 aromatic heterocycles. The number of ether oxygens (including phenoxy) is 2. The van der Waals surface area contributed by atoms with Gasteiger partial charge < -0.3 is 18.6 Å². The summed E-state index contributed by atoms with van der Waals surface area (Å²) in [4.78, 5) is 26.9. The van der Waals surface area contributed by atoms with Crippen LogP contribution >= 0.6 is 0 Å². The molecule has 0 bridgehead atoms. The fourth-order valence-electron chi connectivity index (χ4n) is 5.86. The number of hydrogen-bond acceptors (Lipinski definition) is 4. The highest BCUT2D eigenvalue weighted by Gasteiger charge is 2.26. The number of benzene rings is 5. The zero-order valence-electron chi connectivity index (χ0n) is 21.9. The van der Waals surface area contributed by atoms with Gasteiger partial charge in [0.25, 0.3) is 0 Å². The van der Waals surface area contributed by atoms with E-state index in [9.17, 15) is 9.59 Å². The molecule has 0 amide bonds. The van der Waals surface area contributed by atoms with Gasteiger partial charge in [0.2, 0.25) is 0 Å². The number of esters is 2. The Morgan fingerprint density at radius 3 is 1.02 bits per heavy atom. The molecule has 0 saturated heterocycles. The van der Waals surface area contributed by atoms with Gasteiger partial charge in [-0.25, -0.2) is 9.59 Å². The quantitative estimate of drug-likeness (QED) is 0.224. The second kappa shape index (κ2) is 9.13. The van der Waals surface area contributed by atoms with Crippen molar-refractivity contribution < 1.29 is 19.1 Å². The number of hydrogen-bond donors (Lipinski definition) is 0. The fourth-order valence-corrected chi connectivity index (χ4v) is 5.86. The van der Waals surface area contributed by atoms with Gasteiger partial charge in [-0.3, -0.25) is 0 Å². The molecule has 0 aliphatic rings. The van der Waals surface area contributed by atoms with Gasteiger partial charge in [0, 0.05) is 21.5 Å². The zero-order valence-corrected chi connectivity index (χ0v) is 21.9. The molecule has 2 heterocycles. The lowest BCUT2D eigenvalue weighted by atomic mass is 10.0. The van der Waals surface area contributed by atoms with E-state index in [0.29, 0.717) is 22.5 Å². The molecule has 0 aliphatic carbocycles. The number of carbonyl (C=O) groups excluding carboxylic acids is 2. The minimum absolute atomic E-state index is 0.332. The lowest BCUT2D eigenvalue weighted by molar-refractivity contribution is 0.0586. The van der Waals surface area contributed by atoms with E-state index < -0.39 is 11.9 Å². The van der Waals surface area contributed by atoms with Crippen LogP contribution in [0.5, 0.6) is 0 Å². The van der Waals surface area contributed by atoms with E-state index in [1.54, 1.807) is 12.1 Å². The smallest absolute Gasteiger partial charge is 0.340 e. The summed E-state index contributed by atoms with van der Waals surface area (Å²) in [6.45, 7) is 0. The van der Waals surface area contributed by atoms with Crippen molar-refractivity contribution in [3.05, 3.63) is 120 Å². The summed E-state index contributed by atoms with van der Waals surface area (Å²) in [5.41, 5.74) is 5.38. The summed E-state index contributed by atoms with van der Waals surface area (Å²) in [5, 5.41) is 4.17. The lowest BCUT2D eigenvalue weighted by Crippen LogP contribution is -2.14. The minimum atomic E-state index is -0.504. The molecule has 6 heteroatoms. The molecule has 0 aliphatic heterocycles. The average Bonchev–Trinajstić information content (AvgIpc) is 3.53. The molecule has 194 valence electrons. The third kappa shape index (κ3) is 3.36. The van der Waals surface area contributed by atoms with Crippen LogP contribution in [0.3, 0.4) is 0 Å². The van der Waals surface area contributed by atoms with Crippen molar-refractivity contribution in [2.24, 2.45) is 0 Å². The van der Waals surface area contributed by atoms with Crippen LogP contribution in [-0.4, -0.2) is 35.3 Å². The van der Waals surface area contributed by atoms with Crippen LogP contribution in [0.4, 0.5) is 0 Å². The minimum Gasteiger partial charge on any atom is -0.465 e. The number of aromatic nitrogens is 2. The van der Waals surface area contributed by atoms with E-state index in [1.807, 2.05) is 81.9 Å². The molecule has 7 rings (SSSR count). The van der Waals surface area contributed by atoms with E-state index in [-0.39, 0.29) is 0 Å². The number of fused-ring (bicyclic) bond motifs is 6. The average molecular weight is 525 g/mol. The molecule has 0 N–H and O–H groups in total. The molecule has 5 aromatic carbocycles. The Hall–Kier alpha value is -5.36. The molecule has 6 nitrogen and oxygen atoms in total. The topological polar surface area (TPSA) is 62.5 Å². The summed E-state index contributed by atoms with van der Waals surface area (Å²) in [7, 11) is 2.73.